The second kappa shape index (κ2) is 8.37. The topological polar surface area (TPSA) is 24.1 Å². The largest absolute Gasteiger partial charge is 0.332 e. The summed E-state index contributed by atoms with van der Waals surface area (Å²) in [6, 6.07) is 13.6. The average Bonchev–Trinajstić information content (AvgIpc) is 2.51. The Balaban J connectivity index is 2.07. The molecule has 0 atom stereocenters. The van der Waals surface area contributed by atoms with E-state index in [9.17, 15) is 0 Å². The number of unbranched alkanes of at least 4 members (excludes halogenated alkanes) is 1. The van der Waals surface area contributed by atoms with Gasteiger partial charge in [-0.05, 0) is 48.8 Å². The summed E-state index contributed by atoms with van der Waals surface area (Å²) in [7, 11) is 0. The van der Waals surface area contributed by atoms with E-state index in [-0.39, 0.29) is 0 Å². The van der Waals surface area contributed by atoms with Gasteiger partial charge in [0.15, 0.2) is 5.11 Å². The number of halogens is 2. The van der Waals surface area contributed by atoms with Crippen LogP contribution in [0.3, 0.4) is 0 Å². The summed E-state index contributed by atoms with van der Waals surface area (Å²) in [5.74, 6) is 0. The Morgan fingerprint density at radius 1 is 1.00 bits per heavy atom. The number of nitrogens with one attached hydrogen (secondary N) is 2. The smallest absolute Gasteiger partial charge is 0.175 e. The molecule has 0 aliphatic heterocycles. The van der Waals surface area contributed by atoms with Crippen molar-refractivity contribution in [1.82, 2.24) is 0 Å². The summed E-state index contributed by atoms with van der Waals surface area (Å²) in [6.45, 7) is 2.18. The van der Waals surface area contributed by atoms with Crippen molar-refractivity contribution in [3.63, 3.8) is 0 Å². The van der Waals surface area contributed by atoms with Crippen molar-refractivity contribution < 1.29 is 0 Å². The van der Waals surface area contributed by atoms with E-state index >= 15 is 0 Å². The molecule has 22 heavy (non-hydrogen) atoms. The first-order chi connectivity index (χ1) is 10.6. The number of anilines is 2. The third kappa shape index (κ3) is 4.60. The fourth-order valence-electron chi connectivity index (χ4n) is 2.10. The number of benzene rings is 2. The van der Waals surface area contributed by atoms with E-state index in [0.29, 0.717) is 20.8 Å². The van der Waals surface area contributed by atoms with Crippen LogP contribution in [-0.4, -0.2) is 5.11 Å². The van der Waals surface area contributed by atoms with Gasteiger partial charge in [0.1, 0.15) is 0 Å². The monoisotopic (exact) mass is 352 g/mol. The van der Waals surface area contributed by atoms with E-state index in [1.165, 1.54) is 5.56 Å². The molecular formula is C17H18Cl2N2S. The van der Waals surface area contributed by atoms with Gasteiger partial charge in [-0.1, -0.05) is 60.8 Å². The maximum absolute atomic E-state index is 6.16. The van der Waals surface area contributed by atoms with Crippen molar-refractivity contribution in [3.05, 3.63) is 58.1 Å². The van der Waals surface area contributed by atoms with Crippen molar-refractivity contribution in [2.24, 2.45) is 0 Å². The van der Waals surface area contributed by atoms with E-state index in [1.54, 1.807) is 6.07 Å². The molecule has 0 aliphatic carbocycles. The zero-order chi connectivity index (χ0) is 15.9. The van der Waals surface area contributed by atoms with Gasteiger partial charge in [-0.15, -0.1) is 0 Å². The first kappa shape index (κ1) is 17.1. The zero-order valence-corrected chi connectivity index (χ0v) is 14.7. The lowest BCUT2D eigenvalue weighted by molar-refractivity contribution is 0.796. The third-order valence-electron chi connectivity index (χ3n) is 3.27. The first-order valence-electron chi connectivity index (χ1n) is 7.21. The van der Waals surface area contributed by atoms with Gasteiger partial charge in [-0.3, -0.25) is 0 Å². The predicted octanol–water partition coefficient (Wildman–Crippen LogP) is 6.14. The van der Waals surface area contributed by atoms with Gasteiger partial charge in [0.05, 0.1) is 15.7 Å². The highest BCUT2D eigenvalue weighted by Gasteiger charge is 2.07. The van der Waals surface area contributed by atoms with Crippen LogP contribution in [-0.2, 0) is 6.42 Å². The molecule has 2 aromatic carbocycles. The Morgan fingerprint density at radius 3 is 2.45 bits per heavy atom. The number of hydrogen-bond acceptors (Lipinski definition) is 1. The van der Waals surface area contributed by atoms with Crippen molar-refractivity contribution in [2.75, 3.05) is 10.6 Å². The molecule has 0 unspecified atom stereocenters. The summed E-state index contributed by atoms with van der Waals surface area (Å²) in [6.07, 6.45) is 3.34. The minimum atomic E-state index is 0.465. The molecule has 0 bridgehead atoms. The SMILES string of the molecule is CCCCc1ccccc1NC(=S)Nc1cccc(Cl)c1Cl. The lowest BCUT2D eigenvalue weighted by Crippen LogP contribution is -2.20. The highest BCUT2D eigenvalue weighted by atomic mass is 35.5. The van der Waals surface area contributed by atoms with Crippen molar-refractivity contribution in [2.45, 2.75) is 26.2 Å². The van der Waals surface area contributed by atoms with Gasteiger partial charge < -0.3 is 10.6 Å². The highest BCUT2D eigenvalue weighted by molar-refractivity contribution is 7.80. The van der Waals surface area contributed by atoms with Crippen LogP contribution in [0, 0.1) is 0 Å². The van der Waals surface area contributed by atoms with Crippen LogP contribution < -0.4 is 10.6 Å². The van der Waals surface area contributed by atoms with Gasteiger partial charge in [0, 0.05) is 5.69 Å². The molecular weight excluding hydrogens is 335 g/mol. The molecule has 0 spiro atoms. The van der Waals surface area contributed by atoms with E-state index in [0.717, 1.165) is 24.9 Å². The summed E-state index contributed by atoms with van der Waals surface area (Å²) in [4.78, 5) is 0. The number of aryl methyl sites for hydroxylation is 1. The molecule has 2 N–H and O–H groups in total. The van der Waals surface area contributed by atoms with Crippen LogP contribution in [0.4, 0.5) is 11.4 Å². The van der Waals surface area contributed by atoms with Crippen molar-refractivity contribution in [1.29, 1.82) is 0 Å². The predicted molar refractivity (Wildman–Crippen MR) is 101 cm³/mol. The number of rotatable bonds is 5. The molecule has 2 nitrogen and oxygen atoms in total. The quantitative estimate of drug-likeness (QED) is 0.631. The van der Waals surface area contributed by atoms with Crippen molar-refractivity contribution >= 4 is 51.9 Å². The van der Waals surface area contributed by atoms with Gasteiger partial charge in [-0.25, -0.2) is 0 Å². The van der Waals surface area contributed by atoms with Gasteiger partial charge >= 0.3 is 0 Å². The molecule has 0 saturated heterocycles. The Labute approximate surface area is 146 Å². The maximum Gasteiger partial charge on any atom is 0.175 e. The molecule has 0 radical (unpaired) electrons. The van der Waals surface area contributed by atoms with Crippen LogP contribution in [0.5, 0.6) is 0 Å². The molecule has 0 fully saturated rings. The molecule has 0 saturated carbocycles. The zero-order valence-electron chi connectivity index (χ0n) is 12.3. The third-order valence-corrected chi connectivity index (χ3v) is 4.29. The summed E-state index contributed by atoms with van der Waals surface area (Å²) >= 11 is 17.5. The minimum Gasteiger partial charge on any atom is -0.332 e. The van der Waals surface area contributed by atoms with E-state index in [1.807, 2.05) is 30.3 Å². The van der Waals surface area contributed by atoms with E-state index in [4.69, 9.17) is 35.4 Å². The summed E-state index contributed by atoms with van der Waals surface area (Å²) in [5.41, 5.74) is 2.97. The maximum atomic E-state index is 6.16. The van der Waals surface area contributed by atoms with E-state index < -0.39 is 0 Å². The highest BCUT2D eigenvalue weighted by Crippen LogP contribution is 2.29. The second-order valence-corrected chi connectivity index (χ2v) is 6.13. The number of hydrogen-bond donors (Lipinski definition) is 2. The Kier molecular flexibility index (Phi) is 6.49. The fraction of sp³-hybridized carbons (Fsp3) is 0.235. The second-order valence-electron chi connectivity index (χ2n) is 4.94. The Bertz CT molecular complexity index is 659. The molecule has 0 heterocycles. The summed E-state index contributed by atoms with van der Waals surface area (Å²) < 4.78 is 0. The van der Waals surface area contributed by atoms with E-state index in [2.05, 4.69) is 23.6 Å². The van der Waals surface area contributed by atoms with Crippen LogP contribution >= 0.6 is 35.4 Å². The standard InChI is InChI=1S/C17H18Cl2N2S/c1-2-3-7-12-8-4-5-10-14(12)20-17(22)21-15-11-6-9-13(18)16(15)19/h4-6,8-11H,2-3,7H2,1H3,(H2,20,21,22). The lowest BCUT2D eigenvalue weighted by atomic mass is 10.1. The Hall–Kier alpha value is -1.29. The molecule has 2 rings (SSSR count). The van der Waals surface area contributed by atoms with Crippen molar-refractivity contribution in [3.8, 4) is 0 Å². The fourth-order valence-corrected chi connectivity index (χ4v) is 2.67. The van der Waals surface area contributed by atoms with Gasteiger partial charge in [-0.2, -0.15) is 0 Å². The number of thiocarbonyl (C=S) groups is 1. The molecule has 0 aliphatic rings. The molecule has 0 amide bonds. The minimum absolute atomic E-state index is 0.465. The van der Waals surface area contributed by atoms with Crippen LogP contribution in [0.15, 0.2) is 42.5 Å². The first-order valence-corrected chi connectivity index (χ1v) is 8.38. The Morgan fingerprint density at radius 2 is 1.68 bits per heavy atom. The van der Waals surface area contributed by atoms with Gasteiger partial charge in [0.25, 0.3) is 0 Å². The number of para-hydroxylation sites is 1. The molecule has 2 aromatic rings. The van der Waals surface area contributed by atoms with Crippen LogP contribution in [0.25, 0.3) is 0 Å². The normalized spacial score (nSPS) is 10.3. The average molecular weight is 353 g/mol. The summed E-state index contributed by atoms with van der Waals surface area (Å²) in [5, 5.41) is 7.78. The van der Waals surface area contributed by atoms with Gasteiger partial charge in [0.2, 0.25) is 0 Å². The molecule has 0 aromatic heterocycles. The molecule has 116 valence electrons. The lowest BCUT2D eigenvalue weighted by Gasteiger charge is -2.15. The van der Waals surface area contributed by atoms with Crippen LogP contribution in [0.1, 0.15) is 25.3 Å². The van der Waals surface area contributed by atoms with Crippen LogP contribution in [0.2, 0.25) is 10.0 Å². The molecule has 5 heteroatoms.